The summed E-state index contributed by atoms with van der Waals surface area (Å²) >= 11 is 10.6. The molecule has 0 aliphatic heterocycles. The fourth-order valence-corrected chi connectivity index (χ4v) is 1.81. The van der Waals surface area contributed by atoms with Crippen molar-refractivity contribution in [3.8, 4) is 0 Å². The highest BCUT2D eigenvalue weighted by atomic mass is 35.5. The minimum Gasteiger partial charge on any atom is -0.364 e. The van der Waals surface area contributed by atoms with Crippen LogP contribution in [0.15, 0.2) is 16.4 Å². The summed E-state index contributed by atoms with van der Waals surface area (Å²) in [5.41, 5.74) is 4.60. The Kier molecular flexibility index (Phi) is 8.37. The van der Waals surface area contributed by atoms with Gasteiger partial charge in [-0.3, -0.25) is 4.79 Å². The third-order valence-corrected chi connectivity index (χ3v) is 3.09. The van der Waals surface area contributed by atoms with Gasteiger partial charge in [0.2, 0.25) is 0 Å². The van der Waals surface area contributed by atoms with Crippen molar-refractivity contribution in [3.63, 3.8) is 0 Å². The number of alkyl halides is 2. The molecule has 0 unspecified atom stereocenters. The number of aromatic nitrogens is 5. The van der Waals surface area contributed by atoms with E-state index in [0.29, 0.717) is 17.4 Å². The Bertz CT molecular complexity index is 837. The molecule has 26 heavy (non-hydrogen) atoms. The van der Waals surface area contributed by atoms with E-state index >= 15 is 0 Å². The molecule has 0 fully saturated rings. The molecule has 0 atom stereocenters. The maximum atomic E-state index is 11.4. The Morgan fingerprint density at radius 2 is 2.08 bits per heavy atom. The molecule has 0 saturated heterocycles. The van der Waals surface area contributed by atoms with Gasteiger partial charge in [0.25, 0.3) is 5.91 Å². The van der Waals surface area contributed by atoms with Gasteiger partial charge in [0.05, 0.1) is 11.8 Å². The standard InChI is InChI=1S/C6H6N6O2.C5H9Cl2N3O2/c1-11-6(14)12-2-8-3(4(7)13)5(12)9-10-11;6-1-3-8-5(11)10(9-12)4-2-7/h2H,1H3,(H2,7,13);1-4H2,(H,8,11). The lowest BCUT2D eigenvalue weighted by Crippen LogP contribution is -2.38. The fourth-order valence-electron chi connectivity index (χ4n) is 1.56. The first-order valence-electron chi connectivity index (χ1n) is 6.94. The highest BCUT2D eigenvalue weighted by molar-refractivity contribution is 6.18. The highest BCUT2D eigenvalue weighted by Gasteiger charge is 2.13. The topological polar surface area (TPSA) is 170 Å². The summed E-state index contributed by atoms with van der Waals surface area (Å²) in [6.07, 6.45) is 1.19. The van der Waals surface area contributed by atoms with E-state index in [4.69, 9.17) is 28.9 Å². The Morgan fingerprint density at radius 3 is 2.62 bits per heavy atom. The number of nitrogens with two attached hydrogens (primary N) is 1. The molecule has 0 aliphatic carbocycles. The van der Waals surface area contributed by atoms with Crippen LogP contribution < -0.4 is 16.7 Å². The number of hydrogen-bond donors (Lipinski definition) is 2. The normalized spacial score (nSPS) is 9.96. The first kappa shape index (κ1) is 21.2. The molecule has 0 radical (unpaired) electrons. The third-order valence-electron chi connectivity index (χ3n) is 2.73. The average molecular weight is 408 g/mol. The number of fused-ring (bicyclic) bond motifs is 1. The molecular formula is C11H15Cl2N9O4. The quantitative estimate of drug-likeness (QED) is 0.354. The minimum atomic E-state index is -0.741. The number of halogens is 2. The van der Waals surface area contributed by atoms with Gasteiger partial charge >= 0.3 is 11.7 Å². The van der Waals surface area contributed by atoms with Crippen molar-refractivity contribution in [3.05, 3.63) is 27.4 Å². The number of aryl methyl sites for hydroxylation is 1. The predicted octanol–water partition coefficient (Wildman–Crippen LogP) is -0.921. The number of imidazole rings is 1. The Balaban J connectivity index is 0.000000265. The van der Waals surface area contributed by atoms with Gasteiger partial charge in [-0.1, -0.05) is 5.21 Å². The molecule has 0 spiro atoms. The molecule has 0 bridgehead atoms. The van der Waals surface area contributed by atoms with Gasteiger partial charge in [-0.15, -0.1) is 33.2 Å². The predicted molar refractivity (Wildman–Crippen MR) is 91.9 cm³/mol. The summed E-state index contributed by atoms with van der Waals surface area (Å²) in [6.45, 7) is 0.397. The summed E-state index contributed by atoms with van der Waals surface area (Å²) in [6, 6.07) is -0.578. The van der Waals surface area contributed by atoms with Gasteiger partial charge < -0.3 is 11.1 Å². The molecule has 2 rings (SSSR count). The number of rotatable bonds is 6. The van der Waals surface area contributed by atoms with E-state index in [1.807, 2.05) is 0 Å². The Morgan fingerprint density at radius 1 is 1.38 bits per heavy atom. The first-order chi connectivity index (χ1) is 12.4. The monoisotopic (exact) mass is 407 g/mol. The van der Waals surface area contributed by atoms with Crippen molar-refractivity contribution in [2.24, 2.45) is 18.1 Å². The lowest BCUT2D eigenvalue weighted by atomic mass is 10.4. The van der Waals surface area contributed by atoms with E-state index in [-0.39, 0.29) is 23.8 Å². The molecule has 2 aromatic rings. The molecule has 15 heteroatoms. The average Bonchev–Trinajstić information content (AvgIpc) is 3.06. The minimum absolute atomic E-state index is 0.0600. The van der Waals surface area contributed by atoms with Crippen LogP contribution in [0.25, 0.3) is 5.65 Å². The zero-order valence-corrected chi connectivity index (χ0v) is 15.0. The molecular weight excluding hydrogens is 393 g/mol. The molecule has 2 heterocycles. The van der Waals surface area contributed by atoms with Gasteiger partial charge in [-0.25, -0.2) is 19.0 Å². The van der Waals surface area contributed by atoms with Crippen molar-refractivity contribution in [2.45, 2.75) is 0 Å². The van der Waals surface area contributed by atoms with Crippen LogP contribution in [0.1, 0.15) is 10.5 Å². The van der Waals surface area contributed by atoms with Crippen LogP contribution in [0.5, 0.6) is 0 Å². The van der Waals surface area contributed by atoms with Crippen LogP contribution in [0.4, 0.5) is 4.79 Å². The van der Waals surface area contributed by atoms with Crippen LogP contribution >= 0.6 is 23.2 Å². The summed E-state index contributed by atoms with van der Waals surface area (Å²) < 4.78 is 2.13. The Labute approximate surface area is 156 Å². The second kappa shape index (κ2) is 10.2. The van der Waals surface area contributed by atoms with Crippen molar-refractivity contribution in [1.82, 2.24) is 34.7 Å². The van der Waals surface area contributed by atoms with Crippen LogP contribution in [0.2, 0.25) is 0 Å². The van der Waals surface area contributed by atoms with Crippen molar-refractivity contribution in [2.75, 3.05) is 24.8 Å². The largest absolute Gasteiger partial charge is 0.364 e. The maximum Gasteiger partial charge on any atom is 0.352 e. The van der Waals surface area contributed by atoms with E-state index in [0.717, 1.165) is 9.08 Å². The number of carbonyl (C=O) groups is 2. The van der Waals surface area contributed by atoms with Crippen molar-refractivity contribution >= 4 is 40.8 Å². The van der Waals surface area contributed by atoms with Crippen LogP contribution in [-0.4, -0.2) is 66.2 Å². The van der Waals surface area contributed by atoms with E-state index in [1.54, 1.807) is 0 Å². The van der Waals surface area contributed by atoms with Gasteiger partial charge in [-0.2, -0.15) is 9.69 Å². The van der Waals surface area contributed by atoms with Crippen molar-refractivity contribution in [1.29, 1.82) is 0 Å². The molecule has 142 valence electrons. The third kappa shape index (κ3) is 5.35. The van der Waals surface area contributed by atoms with Crippen LogP contribution in [0.3, 0.4) is 0 Å². The summed E-state index contributed by atoms with van der Waals surface area (Å²) in [4.78, 5) is 46.9. The zero-order valence-electron chi connectivity index (χ0n) is 13.5. The van der Waals surface area contributed by atoms with Gasteiger partial charge in [0.15, 0.2) is 11.3 Å². The number of urea groups is 1. The van der Waals surface area contributed by atoms with E-state index in [1.165, 1.54) is 13.4 Å². The van der Waals surface area contributed by atoms with E-state index in [9.17, 15) is 19.3 Å². The molecule has 0 aromatic carbocycles. The number of primary amides is 1. The molecule has 0 saturated carbocycles. The number of carbonyl (C=O) groups excluding carboxylic acids is 2. The fraction of sp³-hybridized carbons (Fsp3) is 0.455. The number of amides is 3. The Hall–Kier alpha value is -2.80. The van der Waals surface area contributed by atoms with Crippen LogP contribution in [-0.2, 0) is 7.05 Å². The zero-order chi connectivity index (χ0) is 19.7. The van der Waals surface area contributed by atoms with E-state index in [2.05, 4.69) is 25.9 Å². The second-order valence-electron chi connectivity index (χ2n) is 4.46. The molecule has 2 aromatic heterocycles. The number of nitroso groups, excluding NO2 is 1. The lowest BCUT2D eigenvalue weighted by Gasteiger charge is -2.11. The van der Waals surface area contributed by atoms with Gasteiger partial charge in [-0.05, 0) is 0 Å². The summed E-state index contributed by atoms with van der Waals surface area (Å²) in [5.74, 6) is -0.283. The number of nitrogens with one attached hydrogen (secondary N) is 1. The summed E-state index contributed by atoms with van der Waals surface area (Å²) in [7, 11) is 1.44. The second-order valence-corrected chi connectivity index (χ2v) is 5.22. The highest BCUT2D eigenvalue weighted by Crippen LogP contribution is 2.00. The number of nitrogens with zero attached hydrogens (tertiary/aromatic N) is 7. The SMILES string of the molecule is Cn1nnc2c(C(N)=O)ncn2c1=O.O=NN(CCCl)C(=O)NCCCl. The van der Waals surface area contributed by atoms with Gasteiger partial charge in [0, 0.05) is 25.4 Å². The van der Waals surface area contributed by atoms with Gasteiger partial charge in [0.1, 0.15) is 6.33 Å². The smallest absolute Gasteiger partial charge is 0.352 e. The van der Waals surface area contributed by atoms with Crippen molar-refractivity contribution < 1.29 is 9.59 Å². The molecule has 0 aliphatic rings. The summed E-state index contributed by atoms with van der Waals surface area (Å²) in [5, 5.41) is 12.7. The number of hydrogen-bond acceptors (Lipinski definition) is 8. The van der Waals surface area contributed by atoms with E-state index < -0.39 is 17.6 Å². The maximum absolute atomic E-state index is 11.4. The molecule has 13 nitrogen and oxygen atoms in total. The molecule has 3 amide bonds. The van der Waals surface area contributed by atoms with Crippen LogP contribution in [0, 0.1) is 4.91 Å². The molecule has 3 N–H and O–H groups in total. The first-order valence-corrected chi connectivity index (χ1v) is 8.01. The lowest BCUT2D eigenvalue weighted by molar-refractivity contribution is 0.0997.